The molecule has 0 bridgehead atoms. The minimum Gasteiger partial charge on any atom is -0.326 e. The van der Waals surface area contributed by atoms with E-state index in [1.807, 2.05) is 13.8 Å². The van der Waals surface area contributed by atoms with Crippen molar-refractivity contribution in [2.75, 3.05) is 7.05 Å². The van der Waals surface area contributed by atoms with Gasteiger partial charge in [-0.3, -0.25) is 0 Å². The van der Waals surface area contributed by atoms with Crippen LogP contribution in [0.15, 0.2) is 29.2 Å². The van der Waals surface area contributed by atoms with Crippen LogP contribution in [-0.4, -0.2) is 25.8 Å². The SMILES string of the molecule is CCC(CC)N(C)S(=O)(=O)c1ccccc1CN. The molecule has 1 rings (SSSR count). The second kappa shape index (κ2) is 6.31. The number of hydrogen-bond donors (Lipinski definition) is 1. The average Bonchev–Trinajstić information content (AvgIpc) is 2.39. The summed E-state index contributed by atoms with van der Waals surface area (Å²) in [4.78, 5) is 0.321. The van der Waals surface area contributed by atoms with E-state index in [1.54, 1.807) is 31.3 Å². The first-order valence-electron chi connectivity index (χ1n) is 6.25. The highest BCUT2D eigenvalue weighted by molar-refractivity contribution is 7.89. The predicted molar refractivity (Wildman–Crippen MR) is 73.7 cm³/mol. The molecule has 102 valence electrons. The van der Waals surface area contributed by atoms with Gasteiger partial charge < -0.3 is 5.73 Å². The lowest BCUT2D eigenvalue weighted by molar-refractivity contribution is 0.349. The third-order valence-corrected chi connectivity index (χ3v) is 5.32. The van der Waals surface area contributed by atoms with Crippen molar-refractivity contribution in [2.24, 2.45) is 5.73 Å². The molecule has 1 aromatic rings. The van der Waals surface area contributed by atoms with E-state index in [4.69, 9.17) is 5.73 Å². The Morgan fingerprint density at radius 1 is 1.22 bits per heavy atom. The van der Waals surface area contributed by atoms with Crippen molar-refractivity contribution in [3.8, 4) is 0 Å². The maximum atomic E-state index is 12.5. The fourth-order valence-corrected chi connectivity index (χ4v) is 3.81. The Hall–Kier alpha value is -0.910. The Balaban J connectivity index is 3.21. The third kappa shape index (κ3) is 2.91. The monoisotopic (exact) mass is 270 g/mol. The van der Waals surface area contributed by atoms with E-state index in [-0.39, 0.29) is 12.6 Å². The van der Waals surface area contributed by atoms with Gasteiger partial charge in [-0.15, -0.1) is 0 Å². The molecular formula is C13H22N2O2S. The normalized spacial score (nSPS) is 12.3. The van der Waals surface area contributed by atoms with Crippen molar-refractivity contribution in [3.63, 3.8) is 0 Å². The summed E-state index contributed by atoms with van der Waals surface area (Å²) in [5, 5.41) is 0. The number of benzene rings is 1. The van der Waals surface area contributed by atoms with Gasteiger partial charge in [0, 0.05) is 19.6 Å². The molecule has 0 radical (unpaired) electrons. The van der Waals surface area contributed by atoms with Crippen LogP contribution in [0.3, 0.4) is 0 Å². The van der Waals surface area contributed by atoms with E-state index in [2.05, 4.69) is 0 Å². The van der Waals surface area contributed by atoms with Crippen molar-refractivity contribution in [2.45, 2.75) is 44.2 Å². The molecule has 0 aliphatic carbocycles. The van der Waals surface area contributed by atoms with Crippen LogP contribution in [0, 0.1) is 0 Å². The predicted octanol–water partition coefficient (Wildman–Crippen LogP) is 1.95. The summed E-state index contributed by atoms with van der Waals surface area (Å²) >= 11 is 0. The van der Waals surface area contributed by atoms with Gasteiger partial charge in [-0.1, -0.05) is 32.0 Å². The quantitative estimate of drug-likeness (QED) is 0.859. The van der Waals surface area contributed by atoms with E-state index >= 15 is 0 Å². The summed E-state index contributed by atoms with van der Waals surface area (Å²) in [6.07, 6.45) is 1.61. The van der Waals surface area contributed by atoms with Crippen molar-refractivity contribution >= 4 is 10.0 Å². The van der Waals surface area contributed by atoms with Gasteiger partial charge in [0.05, 0.1) is 4.90 Å². The largest absolute Gasteiger partial charge is 0.326 e. The lowest BCUT2D eigenvalue weighted by Crippen LogP contribution is -2.36. The van der Waals surface area contributed by atoms with Gasteiger partial charge in [-0.25, -0.2) is 8.42 Å². The second-order valence-electron chi connectivity index (χ2n) is 4.30. The molecule has 0 aliphatic heterocycles. The van der Waals surface area contributed by atoms with Crippen LogP contribution in [0.1, 0.15) is 32.3 Å². The standard InChI is InChI=1S/C13H22N2O2S/c1-4-12(5-2)15(3)18(16,17)13-9-7-6-8-11(13)10-14/h6-9,12H,4-5,10,14H2,1-3H3. The Morgan fingerprint density at radius 2 is 1.78 bits per heavy atom. The second-order valence-corrected chi connectivity index (χ2v) is 6.27. The van der Waals surface area contributed by atoms with Crippen LogP contribution in [-0.2, 0) is 16.6 Å². The van der Waals surface area contributed by atoms with Gasteiger partial charge in [0.1, 0.15) is 0 Å². The summed E-state index contributed by atoms with van der Waals surface area (Å²) < 4.78 is 26.5. The average molecular weight is 270 g/mol. The Kier molecular flexibility index (Phi) is 5.31. The van der Waals surface area contributed by atoms with Crippen LogP contribution in [0.5, 0.6) is 0 Å². The summed E-state index contributed by atoms with van der Waals surface area (Å²) in [6.45, 7) is 4.22. The Morgan fingerprint density at radius 3 is 2.28 bits per heavy atom. The van der Waals surface area contributed by atoms with Crippen molar-refractivity contribution < 1.29 is 8.42 Å². The smallest absolute Gasteiger partial charge is 0.243 e. The summed E-state index contributed by atoms with van der Waals surface area (Å²) in [6, 6.07) is 6.94. The van der Waals surface area contributed by atoms with Crippen molar-refractivity contribution in [1.29, 1.82) is 0 Å². The van der Waals surface area contributed by atoms with Gasteiger partial charge in [-0.05, 0) is 24.5 Å². The van der Waals surface area contributed by atoms with Crippen LogP contribution < -0.4 is 5.73 Å². The topological polar surface area (TPSA) is 63.4 Å². The number of hydrogen-bond acceptors (Lipinski definition) is 3. The van der Waals surface area contributed by atoms with E-state index < -0.39 is 10.0 Å². The highest BCUT2D eigenvalue weighted by Crippen LogP contribution is 2.22. The van der Waals surface area contributed by atoms with Gasteiger partial charge in [0.15, 0.2) is 0 Å². The molecule has 1 aromatic carbocycles. The lowest BCUT2D eigenvalue weighted by Gasteiger charge is -2.26. The molecule has 0 amide bonds. The van der Waals surface area contributed by atoms with E-state index in [0.717, 1.165) is 12.8 Å². The first kappa shape index (κ1) is 15.1. The van der Waals surface area contributed by atoms with Crippen LogP contribution in [0.25, 0.3) is 0 Å². The molecule has 0 aliphatic rings. The van der Waals surface area contributed by atoms with Crippen LogP contribution in [0.2, 0.25) is 0 Å². The highest BCUT2D eigenvalue weighted by atomic mass is 32.2. The molecule has 0 heterocycles. The van der Waals surface area contributed by atoms with E-state index in [9.17, 15) is 8.42 Å². The summed E-state index contributed by atoms with van der Waals surface area (Å²) in [7, 11) is -1.81. The van der Waals surface area contributed by atoms with Crippen LogP contribution in [0.4, 0.5) is 0 Å². The molecule has 0 aromatic heterocycles. The minimum atomic E-state index is -3.45. The maximum Gasteiger partial charge on any atom is 0.243 e. The van der Waals surface area contributed by atoms with Gasteiger partial charge in [0.2, 0.25) is 10.0 Å². The Labute approximate surface area is 110 Å². The molecule has 18 heavy (non-hydrogen) atoms. The maximum absolute atomic E-state index is 12.5. The molecule has 0 unspecified atom stereocenters. The molecule has 0 saturated carbocycles. The summed E-state index contributed by atoms with van der Waals surface area (Å²) in [5.41, 5.74) is 6.27. The highest BCUT2D eigenvalue weighted by Gasteiger charge is 2.27. The van der Waals surface area contributed by atoms with E-state index in [0.29, 0.717) is 10.5 Å². The van der Waals surface area contributed by atoms with Crippen molar-refractivity contribution in [3.05, 3.63) is 29.8 Å². The number of nitrogens with two attached hydrogens (primary N) is 1. The zero-order valence-electron chi connectivity index (χ0n) is 11.3. The lowest BCUT2D eigenvalue weighted by atomic mass is 10.2. The van der Waals surface area contributed by atoms with Gasteiger partial charge in [0.25, 0.3) is 0 Å². The molecule has 2 N–H and O–H groups in total. The molecule has 5 heteroatoms. The molecular weight excluding hydrogens is 248 g/mol. The number of nitrogens with zero attached hydrogens (tertiary/aromatic N) is 1. The first-order chi connectivity index (χ1) is 8.48. The summed E-state index contributed by atoms with van der Waals surface area (Å²) in [5.74, 6) is 0. The van der Waals surface area contributed by atoms with Gasteiger partial charge in [-0.2, -0.15) is 4.31 Å². The molecule has 4 nitrogen and oxygen atoms in total. The zero-order valence-corrected chi connectivity index (χ0v) is 12.1. The molecule has 0 saturated heterocycles. The fourth-order valence-electron chi connectivity index (χ4n) is 2.08. The Bertz CT molecular complexity index is 482. The first-order valence-corrected chi connectivity index (χ1v) is 7.69. The molecule has 0 fully saturated rings. The minimum absolute atomic E-state index is 0.0285. The fraction of sp³-hybridized carbons (Fsp3) is 0.538. The molecule has 0 spiro atoms. The van der Waals surface area contributed by atoms with Crippen molar-refractivity contribution in [1.82, 2.24) is 4.31 Å². The van der Waals surface area contributed by atoms with E-state index in [1.165, 1.54) is 4.31 Å². The van der Waals surface area contributed by atoms with Gasteiger partial charge >= 0.3 is 0 Å². The zero-order chi connectivity index (χ0) is 13.8. The molecule has 0 atom stereocenters. The number of rotatable bonds is 6. The third-order valence-electron chi connectivity index (χ3n) is 3.31. The number of sulfonamides is 1. The van der Waals surface area contributed by atoms with Crippen LogP contribution >= 0.6 is 0 Å².